The van der Waals surface area contributed by atoms with E-state index in [4.69, 9.17) is 0 Å². The Labute approximate surface area is 219 Å². The van der Waals surface area contributed by atoms with E-state index in [2.05, 4.69) is 10.6 Å². The second kappa shape index (κ2) is 11.1. The highest BCUT2D eigenvalue weighted by Crippen LogP contribution is 2.43. The van der Waals surface area contributed by atoms with Crippen LogP contribution >= 0.6 is 0 Å². The molecule has 2 saturated heterocycles. The van der Waals surface area contributed by atoms with E-state index in [1.807, 2.05) is 20.8 Å². The lowest BCUT2D eigenvalue weighted by Crippen LogP contribution is -2.58. The average Bonchev–Trinajstić information content (AvgIpc) is 3.55. The molecule has 0 aromatic carbocycles. The van der Waals surface area contributed by atoms with Crippen LogP contribution < -0.4 is 10.6 Å². The fourth-order valence-electron chi connectivity index (χ4n) is 7.14. The van der Waals surface area contributed by atoms with Crippen LogP contribution in [-0.2, 0) is 24.0 Å². The molecule has 6 atom stereocenters. The Hall–Kier alpha value is -2.45. The Kier molecular flexibility index (Phi) is 8.29. The van der Waals surface area contributed by atoms with Crippen LogP contribution in [0, 0.1) is 29.1 Å². The second-order valence-corrected chi connectivity index (χ2v) is 12.8. The molecule has 9 heteroatoms. The number of hydrogen-bond donors (Lipinski definition) is 3. The summed E-state index contributed by atoms with van der Waals surface area (Å²) in [5.74, 6) is -2.29. The van der Waals surface area contributed by atoms with E-state index >= 15 is 0 Å². The summed E-state index contributed by atoms with van der Waals surface area (Å²) in [5.41, 5.74) is -0.645. The fraction of sp³-hybridized carbons (Fsp3) is 0.821. The zero-order valence-corrected chi connectivity index (χ0v) is 22.5. The van der Waals surface area contributed by atoms with Crippen LogP contribution in [0.3, 0.4) is 0 Å². The summed E-state index contributed by atoms with van der Waals surface area (Å²) in [7, 11) is 0. The number of ketones is 1. The number of Topliss-reactive ketones (excluding diaryl/α,β-unsaturated/α-hetero) is 1. The van der Waals surface area contributed by atoms with Gasteiger partial charge in [-0.25, -0.2) is 4.79 Å². The van der Waals surface area contributed by atoms with Crippen LogP contribution in [0.25, 0.3) is 0 Å². The molecule has 0 aromatic heterocycles. The van der Waals surface area contributed by atoms with Gasteiger partial charge in [0.15, 0.2) is 5.78 Å². The number of amides is 3. The van der Waals surface area contributed by atoms with E-state index in [0.717, 1.165) is 51.4 Å². The van der Waals surface area contributed by atoms with Crippen molar-refractivity contribution in [3.05, 3.63) is 0 Å². The number of nitrogens with zero attached hydrogens (tertiary/aromatic N) is 1. The van der Waals surface area contributed by atoms with Gasteiger partial charge < -0.3 is 20.6 Å². The summed E-state index contributed by atoms with van der Waals surface area (Å²) in [6.07, 6.45) is 8.35. The summed E-state index contributed by atoms with van der Waals surface area (Å²) in [4.78, 5) is 66.1. The Balaban J connectivity index is 1.53. The van der Waals surface area contributed by atoms with Crippen LogP contribution in [0.2, 0.25) is 0 Å². The maximum absolute atomic E-state index is 13.9. The third-order valence-electron chi connectivity index (χ3n) is 9.19. The Morgan fingerprint density at radius 2 is 1.73 bits per heavy atom. The monoisotopic (exact) mass is 517 g/mol. The Morgan fingerprint density at radius 3 is 2.32 bits per heavy atom. The molecule has 37 heavy (non-hydrogen) atoms. The van der Waals surface area contributed by atoms with E-state index in [0.29, 0.717) is 19.4 Å². The summed E-state index contributed by atoms with van der Waals surface area (Å²) in [5, 5.41) is 15.7. The first-order chi connectivity index (χ1) is 17.5. The minimum atomic E-state index is -0.981. The number of carboxylic acid groups (broad SMARTS) is 1. The van der Waals surface area contributed by atoms with Crippen molar-refractivity contribution < 1.29 is 29.1 Å². The van der Waals surface area contributed by atoms with Gasteiger partial charge in [0.2, 0.25) is 17.7 Å². The molecule has 0 aromatic rings. The zero-order valence-electron chi connectivity index (χ0n) is 22.5. The van der Waals surface area contributed by atoms with E-state index in [9.17, 15) is 29.1 Å². The number of hydrogen-bond acceptors (Lipinski definition) is 5. The van der Waals surface area contributed by atoms with E-state index in [-0.39, 0.29) is 47.7 Å². The van der Waals surface area contributed by atoms with E-state index < -0.39 is 35.4 Å². The molecule has 0 bridgehead atoms. The standard InChI is InChI=1S/C28H43N3O6/c1-28(2,3)24(26(35)31-15-17-10-7-11-18(17)23(31)27(36)37)30-25(34)19(16-8-5-4-6-9-16)14-21(32)20-12-13-22(33)29-20/h16-20,23-24H,4-15H2,1-3H3,(H,29,33)(H,30,34)(H,36,37)/t17-,18-,19-,20-,23-,24+/m0/s1. The molecule has 0 radical (unpaired) electrons. The fourth-order valence-corrected chi connectivity index (χ4v) is 7.14. The van der Waals surface area contributed by atoms with Crippen molar-refractivity contribution in [3.63, 3.8) is 0 Å². The molecule has 2 heterocycles. The van der Waals surface area contributed by atoms with Crippen LogP contribution in [0.5, 0.6) is 0 Å². The molecule has 0 unspecified atom stereocenters. The van der Waals surface area contributed by atoms with Gasteiger partial charge in [-0.3, -0.25) is 19.2 Å². The number of fused-ring (bicyclic) bond motifs is 1. The number of rotatable bonds is 8. The van der Waals surface area contributed by atoms with Gasteiger partial charge in [0.05, 0.1) is 6.04 Å². The quantitative estimate of drug-likeness (QED) is 0.453. The van der Waals surface area contributed by atoms with E-state index in [1.54, 1.807) is 0 Å². The number of likely N-dealkylation sites (tertiary alicyclic amines) is 1. The predicted molar refractivity (Wildman–Crippen MR) is 136 cm³/mol. The molecular formula is C28H43N3O6. The molecule has 4 fully saturated rings. The summed E-state index contributed by atoms with van der Waals surface area (Å²) < 4.78 is 0. The predicted octanol–water partition coefficient (Wildman–Crippen LogP) is 2.66. The maximum Gasteiger partial charge on any atom is 0.326 e. The highest BCUT2D eigenvalue weighted by molar-refractivity contribution is 5.96. The normalized spacial score (nSPS) is 29.9. The van der Waals surface area contributed by atoms with Crippen LogP contribution in [0.4, 0.5) is 0 Å². The van der Waals surface area contributed by atoms with Gasteiger partial charge in [-0.2, -0.15) is 0 Å². The van der Waals surface area contributed by atoms with Gasteiger partial charge in [0.1, 0.15) is 12.1 Å². The maximum atomic E-state index is 13.9. The number of carboxylic acids is 1. The van der Waals surface area contributed by atoms with Crippen molar-refractivity contribution in [1.29, 1.82) is 0 Å². The molecule has 3 amide bonds. The number of nitrogens with one attached hydrogen (secondary N) is 2. The average molecular weight is 518 g/mol. The molecule has 4 rings (SSSR count). The largest absolute Gasteiger partial charge is 0.480 e. The first kappa shape index (κ1) is 27.6. The summed E-state index contributed by atoms with van der Waals surface area (Å²) in [6.45, 7) is 6.03. The Morgan fingerprint density at radius 1 is 1.03 bits per heavy atom. The third-order valence-corrected chi connectivity index (χ3v) is 9.19. The summed E-state index contributed by atoms with van der Waals surface area (Å²) >= 11 is 0. The SMILES string of the molecule is CC(C)(C)[C@H](NC(=O)[C@@H](CC(=O)[C@@H]1CCC(=O)N1)C1CCCCC1)C(=O)N1C[C@@H]2CCC[C@@H]2[C@H]1C(=O)O. The van der Waals surface area contributed by atoms with Crippen molar-refractivity contribution in [3.8, 4) is 0 Å². The lowest BCUT2D eigenvalue weighted by atomic mass is 9.76. The van der Waals surface area contributed by atoms with Crippen LogP contribution in [0.1, 0.15) is 91.4 Å². The van der Waals surface area contributed by atoms with Gasteiger partial charge in [-0.1, -0.05) is 46.5 Å². The molecular weight excluding hydrogens is 474 g/mol. The van der Waals surface area contributed by atoms with Crippen molar-refractivity contribution in [1.82, 2.24) is 15.5 Å². The lowest BCUT2D eigenvalue weighted by molar-refractivity contribution is -0.152. The zero-order chi connectivity index (χ0) is 26.9. The molecule has 2 saturated carbocycles. The van der Waals surface area contributed by atoms with Crippen molar-refractivity contribution in [2.24, 2.45) is 29.1 Å². The molecule has 9 nitrogen and oxygen atoms in total. The minimum Gasteiger partial charge on any atom is -0.480 e. The van der Waals surface area contributed by atoms with Gasteiger partial charge in [-0.05, 0) is 55.3 Å². The molecule has 206 valence electrons. The van der Waals surface area contributed by atoms with Crippen molar-refractivity contribution >= 4 is 29.5 Å². The molecule has 2 aliphatic carbocycles. The van der Waals surface area contributed by atoms with Gasteiger partial charge in [0.25, 0.3) is 0 Å². The highest BCUT2D eigenvalue weighted by atomic mass is 16.4. The van der Waals surface area contributed by atoms with Gasteiger partial charge in [0, 0.05) is 25.3 Å². The van der Waals surface area contributed by atoms with Crippen LogP contribution in [0.15, 0.2) is 0 Å². The van der Waals surface area contributed by atoms with Gasteiger partial charge >= 0.3 is 5.97 Å². The highest BCUT2D eigenvalue weighted by Gasteiger charge is 2.52. The number of carbonyl (C=O) groups is 5. The molecule has 4 aliphatic rings. The Bertz CT molecular complexity index is 921. The van der Waals surface area contributed by atoms with Crippen molar-refractivity contribution in [2.75, 3.05) is 6.54 Å². The van der Waals surface area contributed by atoms with Crippen LogP contribution in [-0.4, -0.2) is 64.2 Å². The first-order valence-electron chi connectivity index (χ1n) is 14.1. The third kappa shape index (κ3) is 6.01. The number of aliphatic carboxylic acids is 1. The molecule has 2 aliphatic heterocycles. The molecule has 0 spiro atoms. The van der Waals surface area contributed by atoms with Gasteiger partial charge in [-0.15, -0.1) is 0 Å². The summed E-state index contributed by atoms with van der Waals surface area (Å²) in [6, 6.07) is -2.30. The number of carbonyl (C=O) groups excluding carboxylic acids is 4. The smallest absolute Gasteiger partial charge is 0.326 e. The molecule has 3 N–H and O–H groups in total. The topological polar surface area (TPSA) is 133 Å². The van der Waals surface area contributed by atoms with Crippen molar-refractivity contribution in [2.45, 2.75) is 110 Å². The van der Waals surface area contributed by atoms with E-state index in [1.165, 1.54) is 4.90 Å². The second-order valence-electron chi connectivity index (χ2n) is 12.8. The minimum absolute atomic E-state index is 0.0352. The lowest BCUT2D eigenvalue weighted by Gasteiger charge is -2.37. The first-order valence-corrected chi connectivity index (χ1v) is 14.1.